The first-order valence-corrected chi connectivity index (χ1v) is 7.65. The number of nitrogens with one attached hydrogen (secondary N) is 2. The van der Waals surface area contributed by atoms with Crippen LogP contribution in [0.3, 0.4) is 0 Å². The Morgan fingerprint density at radius 2 is 2.10 bits per heavy atom. The van der Waals surface area contributed by atoms with E-state index in [0.717, 1.165) is 30.4 Å². The molecule has 21 heavy (non-hydrogen) atoms. The van der Waals surface area contributed by atoms with Crippen LogP contribution >= 0.6 is 27.3 Å². The van der Waals surface area contributed by atoms with Crippen LogP contribution in [-0.2, 0) is 0 Å². The number of hydrogen-bond acceptors (Lipinski definition) is 5. The lowest BCUT2D eigenvalue weighted by Crippen LogP contribution is -2.13. The Morgan fingerprint density at radius 1 is 1.33 bits per heavy atom. The summed E-state index contributed by atoms with van der Waals surface area (Å²) in [4.78, 5) is 11.9. The minimum Gasteiger partial charge on any atom is -0.360 e. The van der Waals surface area contributed by atoms with Crippen molar-refractivity contribution < 1.29 is 13.6 Å². The molecule has 0 aliphatic carbocycles. The molecule has 0 unspecified atom stereocenters. The van der Waals surface area contributed by atoms with Gasteiger partial charge < -0.3 is 10.6 Å². The van der Waals surface area contributed by atoms with E-state index in [1.165, 1.54) is 0 Å². The first-order valence-electron chi connectivity index (χ1n) is 6.04. The number of amides is 1. The molecule has 1 aromatic heterocycles. The molecule has 5 nitrogen and oxygen atoms in total. The van der Waals surface area contributed by atoms with Gasteiger partial charge in [-0.15, -0.1) is 10.2 Å². The zero-order valence-corrected chi connectivity index (χ0v) is 13.3. The lowest BCUT2D eigenvalue weighted by molar-refractivity contribution is 0.102. The minimum absolute atomic E-state index is 0.0572. The molecular weight excluding hydrogens is 366 g/mol. The van der Waals surface area contributed by atoms with Gasteiger partial charge >= 0.3 is 0 Å². The van der Waals surface area contributed by atoms with Gasteiger partial charge in [0.25, 0.3) is 5.91 Å². The first kappa shape index (κ1) is 15.8. The molecule has 2 rings (SSSR count). The van der Waals surface area contributed by atoms with Gasteiger partial charge in [0.1, 0.15) is 11.6 Å². The predicted molar refractivity (Wildman–Crippen MR) is 80.7 cm³/mol. The first-order chi connectivity index (χ1) is 10.0. The summed E-state index contributed by atoms with van der Waals surface area (Å²) in [5, 5.41) is 13.5. The number of nitrogens with zero attached hydrogens (tertiary/aromatic N) is 2. The van der Waals surface area contributed by atoms with Crippen LogP contribution in [0.2, 0.25) is 0 Å². The second-order valence-electron chi connectivity index (χ2n) is 4.04. The molecule has 112 valence electrons. The molecule has 0 aliphatic heterocycles. The van der Waals surface area contributed by atoms with Crippen LogP contribution in [0.15, 0.2) is 16.6 Å². The Balaban J connectivity index is 2.11. The van der Waals surface area contributed by atoms with Crippen LogP contribution in [-0.4, -0.2) is 22.6 Å². The Morgan fingerprint density at radius 3 is 2.81 bits per heavy atom. The highest BCUT2D eigenvalue weighted by atomic mass is 79.9. The fourth-order valence-corrected chi connectivity index (χ4v) is 2.42. The summed E-state index contributed by atoms with van der Waals surface area (Å²) < 4.78 is 26.7. The highest BCUT2D eigenvalue weighted by Crippen LogP contribution is 2.24. The zero-order valence-electron chi connectivity index (χ0n) is 10.9. The fourth-order valence-electron chi connectivity index (χ4n) is 1.41. The molecule has 2 N–H and O–H groups in total. The van der Waals surface area contributed by atoms with Crippen molar-refractivity contribution in [2.24, 2.45) is 0 Å². The largest absolute Gasteiger partial charge is 0.360 e. The Hall–Kier alpha value is -1.61. The van der Waals surface area contributed by atoms with Crippen molar-refractivity contribution in [2.75, 3.05) is 17.2 Å². The summed E-state index contributed by atoms with van der Waals surface area (Å²) in [6, 6.07) is 1.84. The molecular formula is C12H11BrF2N4OS. The molecule has 0 saturated carbocycles. The van der Waals surface area contributed by atoms with Gasteiger partial charge in [-0.3, -0.25) is 4.79 Å². The fraction of sp³-hybridized carbons (Fsp3) is 0.250. The monoisotopic (exact) mass is 376 g/mol. The lowest BCUT2D eigenvalue weighted by Gasteiger charge is -2.05. The highest BCUT2D eigenvalue weighted by molar-refractivity contribution is 9.10. The zero-order chi connectivity index (χ0) is 15.4. The predicted octanol–water partition coefficient (Wildman–Crippen LogP) is 3.65. The number of benzene rings is 1. The summed E-state index contributed by atoms with van der Waals surface area (Å²) in [6.07, 6.45) is 0.913. The Kier molecular flexibility index (Phi) is 5.18. The number of rotatable bonds is 5. The minimum atomic E-state index is -0.863. The topological polar surface area (TPSA) is 66.9 Å². The van der Waals surface area contributed by atoms with Crippen molar-refractivity contribution in [3.8, 4) is 0 Å². The molecule has 0 radical (unpaired) electrons. The third kappa shape index (κ3) is 3.94. The van der Waals surface area contributed by atoms with Gasteiger partial charge in [-0.2, -0.15) is 0 Å². The number of halogens is 3. The maximum atomic E-state index is 13.6. The number of anilines is 2. The lowest BCUT2D eigenvalue weighted by atomic mass is 10.3. The summed E-state index contributed by atoms with van der Waals surface area (Å²) in [5.41, 5.74) is -0.133. The van der Waals surface area contributed by atoms with Crippen LogP contribution in [0.25, 0.3) is 0 Å². The molecule has 1 aromatic carbocycles. The number of aromatic nitrogens is 2. The molecule has 2 aromatic rings. The van der Waals surface area contributed by atoms with Crippen molar-refractivity contribution in [1.29, 1.82) is 0 Å². The number of carbonyl (C=O) groups is 1. The van der Waals surface area contributed by atoms with E-state index < -0.39 is 17.5 Å². The summed E-state index contributed by atoms with van der Waals surface area (Å²) in [7, 11) is 0. The normalized spacial score (nSPS) is 10.5. The van der Waals surface area contributed by atoms with Gasteiger partial charge in [-0.05, 0) is 28.4 Å². The van der Waals surface area contributed by atoms with E-state index in [4.69, 9.17) is 0 Å². The third-order valence-electron chi connectivity index (χ3n) is 2.40. The standard InChI is InChI=1S/C12H11BrF2N4OS/c1-2-3-16-12-19-18-11(21-12)10(20)17-9-4-6(13)7(14)5-8(9)15/h4-5H,2-3H2,1H3,(H,16,19)(H,17,20). The quantitative estimate of drug-likeness (QED) is 0.781. The van der Waals surface area contributed by atoms with Crippen LogP contribution < -0.4 is 10.6 Å². The summed E-state index contributed by atoms with van der Waals surface area (Å²) in [5.74, 6) is -2.21. The number of hydrogen-bond donors (Lipinski definition) is 2. The molecule has 0 fully saturated rings. The van der Waals surface area contributed by atoms with Crippen LogP contribution in [0.1, 0.15) is 23.1 Å². The van der Waals surface area contributed by atoms with Gasteiger partial charge in [0.05, 0.1) is 10.2 Å². The Bertz CT molecular complexity index is 665. The smallest absolute Gasteiger partial charge is 0.286 e. The van der Waals surface area contributed by atoms with Gasteiger partial charge in [0.15, 0.2) is 0 Å². The van der Waals surface area contributed by atoms with Crippen LogP contribution in [0.5, 0.6) is 0 Å². The maximum absolute atomic E-state index is 13.6. The van der Waals surface area contributed by atoms with Crippen LogP contribution in [0.4, 0.5) is 19.6 Å². The van der Waals surface area contributed by atoms with E-state index in [1.54, 1.807) is 0 Å². The molecule has 1 amide bonds. The van der Waals surface area contributed by atoms with E-state index >= 15 is 0 Å². The van der Waals surface area contributed by atoms with E-state index in [2.05, 4.69) is 36.8 Å². The van der Waals surface area contributed by atoms with E-state index in [0.29, 0.717) is 11.2 Å². The molecule has 1 heterocycles. The van der Waals surface area contributed by atoms with Crippen molar-refractivity contribution >= 4 is 44.0 Å². The average Bonchev–Trinajstić information content (AvgIpc) is 2.91. The molecule has 0 spiro atoms. The van der Waals surface area contributed by atoms with Crippen molar-refractivity contribution in [3.05, 3.63) is 33.2 Å². The van der Waals surface area contributed by atoms with Crippen molar-refractivity contribution in [1.82, 2.24) is 10.2 Å². The molecule has 0 saturated heterocycles. The van der Waals surface area contributed by atoms with E-state index in [-0.39, 0.29) is 15.2 Å². The van der Waals surface area contributed by atoms with Gasteiger partial charge in [0.2, 0.25) is 10.1 Å². The second kappa shape index (κ2) is 6.90. The van der Waals surface area contributed by atoms with Crippen molar-refractivity contribution in [2.45, 2.75) is 13.3 Å². The third-order valence-corrected chi connectivity index (χ3v) is 3.89. The summed E-state index contributed by atoms with van der Waals surface area (Å²) >= 11 is 3.99. The molecule has 0 bridgehead atoms. The molecule has 0 atom stereocenters. The van der Waals surface area contributed by atoms with E-state index in [1.807, 2.05) is 6.92 Å². The molecule has 0 aliphatic rings. The molecule has 9 heteroatoms. The average molecular weight is 377 g/mol. The number of carbonyl (C=O) groups excluding carboxylic acids is 1. The SMILES string of the molecule is CCCNc1nnc(C(=O)Nc2cc(Br)c(F)cc2F)s1. The van der Waals surface area contributed by atoms with Gasteiger partial charge in [-0.1, -0.05) is 18.3 Å². The Labute approximate surface area is 131 Å². The van der Waals surface area contributed by atoms with Gasteiger partial charge in [-0.25, -0.2) is 8.78 Å². The van der Waals surface area contributed by atoms with E-state index in [9.17, 15) is 13.6 Å². The maximum Gasteiger partial charge on any atom is 0.286 e. The highest BCUT2D eigenvalue weighted by Gasteiger charge is 2.16. The summed E-state index contributed by atoms with van der Waals surface area (Å²) in [6.45, 7) is 2.71. The van der Waals surface area contributed by atoms with Gasteiger partial charge in [0, 0.05) is 12.6 Å². The second-order valence-corrected chi connectivity index (χ2v) is 5.87. The van der Waals surface area contributed by atoms with Crippen molar-refractivity contribution in [3.63, 3.8) is 0 Å². The van der Waals surface area contributed by atoms with Crippen LogP contribution in [0, 0.1) is 11.6 Å².